The molecular formula is C22H30N2O3S. The SMILES string of the molecule is COCCSc1ccc(C(C)NC(=O)NC(C)Cc2cccc(OC)c2)cc1. The number of hydrogen-bond donors (Lipinski definition) is 2. The van der Waals surface area contributed by atoms with Crippen LogP contribution in [0.4, 0.5) is 4.79 Å². The van der Waals surface area contributed by atoms with Crippen molar-refractivity contribution in [3.8, 4) is 5.75 Å². The average Bonchev–Trinajstić information content (AvgIpc) is 2.68. The number of carbonyl (C=O) groups excluding carboxylic acids is 1. The van der Waals surface area contributed by atoms with Crippen LogP contribution in [0, 0.1) is 0 Å². The first kappa shape index (κ1) is 22.1. The van der Waals surface area contributed by atoms with Gasteiger partial charge in [-0.3, -0.25) is 0 Å². The zero-order valence-electron chi connectivity index (χ0n) is 17.0. The molecule has 0 aliphatic heterocycles. The largest absolute Gasteiger partial charge is 0.497 e. The Morgan fingerprint density at radius 1 is 1.07 bits per heavy atom. The monoisotopic (exact) mass is 402 g/mol. The molecule has 2 atom stereocenters. The maximum Gasteiger partial charge on any atom is 0.315 e. The third kappa shape index (κ3) is 7.44. The van der Waals surface area contributed by atoms with Crippen LogP contribution in [0.15, 0.2) is 53.4 Å². The third-order valence-electron chi connectivity index (χ3n) is 4.34. The Morgan fingerprint density at radius 2 is 1.82 bits per heavy atom. The topological polar surface area (TPSA) is 59.6 Å². The summed E-state index contributed by atoms with van der Waals surface area (Å²) in [7, 11) is 3.36. The highest BCUT2D eigenvalue weighted by atomic mass is 32.2. The first-order valence-electron chi connectivity index (χ1n) is 9.43. The molecule has 2 amide bonds. The number of thioether (sulfide) groups is 1. The molecule has 152 valence electrons. The fraction of sp³-hybridized carbons (Fsp3) is 0.409. The van der Waals surface area contributed by atoms with Gasteiger partial charge in [-0.05, 0) is 55.7 Å². The number of hydrogen-bond acceptors (Lipinski definition) is 4. The smallest absolute Gasteiger partial charge is 0.315 e. The standard InChI is InChI=1S/C22H30N2O3S/c1-16(14-18-6-5-7-20(15-18)27-4)23-22(25)24-17(2)19-8-10-21(11-9-19)28-13-12-26-3/h5-11,15-17H,12-14H2,1-4H3,(H2,23,24,25). The van der Waals surface area contributed by atoms with Crippen LogP contribution in [0.2, 0.25) is 0 Å². The normalized spacial score (nSPS) is 12.9. The van der Waals surface area contributed by atoms with E-state index in [0.717, 1.165) is 35.7 Å². The van der Waals surface area contributed by atoms with Crippen molar-refractivity contribution < 1.29 is 14.3 Å². The molecule has 2 N–H and O–H groups in total. The summed E-state index contributed by atoms with van der Waals surface area (Å²) < 4.78 is 10.3. The highest BCUT2D eigenvalue weighted by Crippen LogP contribution is 2.21. The summed E-state index contributed by atoms with van der Waals surface area (Å²) in [5, 5.41) is 6.01. The number of rotatable bonds is 10. The van der Waals surface area contributed by atoms with Crippen LogP contribution in [-0.4, -0.2) is 38.7 Å². The van der Waals surface area contributed by atoms with E-state index >= 15 is 0 Å². The molecule has 2 aromatic rings. The van der Waals surface area contributed by atoms with Crippen LogP contribution in [0.1, 0.15) is 31.0 Å². The Labute approximate surface area is 172 Å². The Kier molecular flexibility index (Phi) is 9.17. The van der Waals surface area contributed by atoms with Gasteiger partial charge in [-0.25, -0.2) is 4.79 Å². The number of methoxy groups -OCH3 is 2. The number of nitrogens with one attached hydrogen (secondary N) is 2. The van der Waals surface area contributed by atoms with E-state index in [2.05, 4.69) is 34.9 Å². The second-order valence-corrected chi connectivity index (χ2v) is 7.87. The van der Waals surface area contributed by atoms with Gasteiger partial charge in [-0.15, -0.1) is 11.8 Å². The summed E-state index contributed by atoms with van der Waals surface area (Å²) in [4.78, 5) is 13.5. The molecular weight excluding hydrogens is 372 g/mol. The first-order valence-corrected chi connectivity index (χ1v) is 10.4. The molecule has 0 aliphatic rings. The molecule has 0 saturated carbocycles. The third-order valence-corrected chi connectivity index (χ3v) is 5.31. The quantitative estimate of drug-likeness (QED) is 0.456. The molecule has 2 rings (SSSR count). The first-order chi connectivity index (χ1) is 13.5. The van der Waals surface area contributed by atoms with Crippen LogP contribution in [-0.2, 0) is 11.2 Å². The van der Waals surface area contributed by atoms with Crippen LogP contribution >= 0.6 is 11.8 Å². The zero-order valence-corrected chi connectivity index (χ0v) is 17.8. The van der Waals surface area contributed by atoms with Crippen molar-refractivity contribution in [3.05, 3.63) is 59.7 Å². The van der Waals surface area contributed by atoms with E-state index in [1.54, 1.807) is 26.0 Å². The van der Waals surface area contributed by atoms with Crippen molar-refractivity contribution in [1.29, 1.82) is 0 Å². The van der Waals surface area contributed by atoms with Gasteiger partial charge in [-0.2, -0.15) is 0 Å². The summed E-state index contributed by atoms with van der Waals surface area (Å²) in [6, 6.07) is 16.0. The zero-order chi connectivity index (χ0) is 20.4. The van der Waals surface area contributed by atoms with E-state index in [-0.39, 0.29) is 18.1 Å². The molecule has 2 aromatic carbocycles. The summed E-state index contributed by atoms with van der Waals surface area (Å²) >= 11 is 1.76. The van der Waals surface area contributed by atoms with E-state index in [9.17, 15) is 4.79 Å². The van der Waals surface area contributed by atoms with Crippen molar-refractivity contribution >= 4 is 17.8 Å². The lowest BCUT2D eigenvalue weighted by molar-refractivity contribution is 0.218. The highest BCUT2D eigenvalue weighted by molar-refractivity contribution is 7.99. The number of amides is 2. The Hall–Kier alpha value is -2.18. The van der Waals surface area contributed by atoms with Gasteiger partial charge in [0.1, 0.15) is 5.75 Å². The van der Waals surface area contributed by atoms with E-state index in [0.29, 0.717) is 0 Å². The van der Waals surface area contributed by atoms with Gasteiger partial charge in [0.15, 0.2) is 0 Å². The molecule has 0 aromatic heterocycles. The van der Waals surface area contributed by atoms with Gasteiger partial charge in [0.25, 0.3) is 0 Å². The molecule has 0 radical (unpaired) electrons. The highest BCUT2D eigenvalue weighted by Gasteiger charge is 2.12. The Morgan fingerprint density at radius 3 is 2.50 bits per heavy atom. The van der Waals surface area contributed by atoms with Crippen LogP contribution in [0.25, 0.3) is 0 Å². The van der Waals surface area contributed by atoms with Crippen LogP contribution < -0.4 is 15.4 Å². The lowest BCUT2D eigenvalue weighted by atomic mass is 10.1. The van der Waals surface area contributed by atoms with Crippen molar-refractivity contribution in [2.75, 3.05) is 26.6 Å². The molecule has 5 nitrogen and oxygen atoms in total. The molecule has 0 bridgehead atoms. The molecule has 0 heterocycles. The predicted molar refractivity (Wildman–Crippen MR) is 115 cm³/mol. The summed E-state index contributed by atoms with van der Waals surface area (Å²) in [5.41, 5.74) is 2.20. The van der Waals surface area contributed by atoms with Crippen molar-refractivity contribution in [3.63, 3.8) is 0 Å². The fourth-order valence-electron chi connectivity index (χ4n) is 2.85. The maximum absolute atomic E-state index is 12.3. The van der Waals surface area contributed by atoms with Gasteiger partial charge in [0, 0.05) is 23.8 Å². The fourth-order valence-corrected chi connectivity index (χ4v) is 3.66. The Bertz CT molecular complexity index is 737. The summed E-state index contributed by atoms with van der Waals surface area (Å²) in [6.07, 6.45) is 0.742. The van der Waals surface area contributed by atoms with Gasteiger partial charge >= 0.3 is 6.03 Å². The van der Waals surface area contributed by atoms with E-state index in [1.807, 2.05) is 38.1 Å². The minimum Gasteiger partial charge on any atom is -0.497 e. The summed E-state index contributed by atoms with van der Waals surface area (Å²) in [5.74, 6) is 1.75. The number of ether oxygens (including phenoxy) is 2. The molecule has 6 heteroatoms. The maximum atomic E-state index is 12.3. The van der Waals surface area contributed by atoms with Gasteiger partial charge in [0.2, 0.25) is 0 Å². The lowest BCUT2D eigenvalue weighted by Crippen LogP contribution is -2.42. The number of urea groups is 1. The van der Waals surface area contributed by atoms with E-state index < -0.39 is 0 Å². The second kappa shape index (κ2) is 11.6. The van der Waals surface area contributed by atoms with Crippen molar-refractivity contribution in [2.45, 2.75) is 37.2 Å². The molecule has 0 saturated heterocycles. The lowest BCUT2D eigenvalue weighted by Gasteiger charge is -2.19. The summed E-state index contributed by atoms with van der Waals surface area (Å²) in [6.45, 7) is 4.72. The predicted octanol–water partition coefficient (Wildman–Crippen LogP) is 4.43. The van der Waals surface area contributed by atoms with Crippen LogP contribution in [0.3, 0.4) is 0 Å². The molecule has 0 spiro atoms. The molecule has 28 heavy (non-hydrogen) atoms. The van der Waals surface area contributed by atoms with Crippen LogP contribution in [0.5, 0.6) is 5.75 Å². The molecule has 0 aliphatic carbocycles. The average molecular weight is 403 g/mol. The number of carbonyl (C=O) groups is 1. The van der Waals surface area contributed by atoms with Crippen molar-refractivity contribution in [2.24, 2.45) is 0 Å². The second-order valence-electron chi connectivity index (χ2n) is 6.71. The Balaban J connectivity index is 1.81. The van der Waals surface area contributed by atoms with Gasteiger partial charge < -0.3 is 20.1 Å². The minimum atomic E-state index is -0.165. The van der Waals surface area contributed by atoms with E-state index in [1.165, 1.54) is 4.90 Å². The molecule has 0 fully saturated rings. The van der Waals surface area contributed by atoms with Gasteiger partial charge in [-0.1, -0.05) is 24.3 Å². The number of benzene rings is 2. The minimum absolute atomic E-state index is 0.0128. The van der Waals surface area contributed by atoms with E-state index in [4.69, 9.17) is 9.47 Å². The molecule has 2 unspecified atom stereocenters. The van der Waals surface area contributed by atoms with Gasteiger partial charge in [0.05, 0.1) is 19.8 Å². The van der Waals surface area contributed by atoms with Crippen molar-refractivity contribution in [1.82, 2.24) is 10.6 Å².